The lowest BCUT2D eigenvalue weighted by Crippen LogP contribution is -2.36. The number of anilines is 2. The number of hydrogen-bond donors (Lipinski definition) is 3. The number of morpholine rings is 3. The summed E-state index contributed by atoms with van der Waals surface area (Å²) in [6, 6.07) is 31.6. The first-order chi connectivity index (χ1) is 32.8. The fourth-order valence-electron chi connectivity index (χ4n) is 6.21. The summed E-state index contributed by atoms with van der Waals surface area (Å²) in [6.07, 6.45) is 0. The van der Waals surface area contributed by atoms with Gasteiger partial charge in [-0.05, 0) is 132 Å². The highest BCUT2D eigenvalue weighted by Gasteiger charge is 2.20. The number of ether oxygens (including phenoxy) is 3. The molecular formula is C47H57Br2Cl2IN6O10S2. The Labute approximate surface area is 451 Å². The molecule has 0 radical (unpaired) electrons. The van der Waals surface area contributed by atoms with Gasteiger partial charge in [-0.25, -0.2) is 32.2 Å². The Bertz CT molecular complexity index is 2620. The van der Waals surface area contributed by atoms with Crippen LogP contribution in [0.25, 0.3) is 0 Å². The molecule has 3 fully saturated rings. The summed E-state index contributed by atoms with van der Waals surface area (Å²) in [4.78, 5) is 33.0. The van der Waals surface area contributed by atoms with Gasteiger partial charge in [-0.2, -0.15) is 0 Å². The van der Waals surface area contributed by atoms with Crippen molar-refractivity contribution in [1.82, 2.24) is 10.4 Å². The Morgan fingerprint density at radius 1 is 0.629 bits per heavy atom. The smallest absolute Gasteiger partial charge is 0.277 e. The van der Waals surface area contributed by atoms with Gasteiger partial charge in [0.2, 0.25) is 20.0 Å². The quantitative estimate of drug-likeness (QED) is 0.0760. The van der Waals surface area contributed by atoms with Crippen molar-refractivity contribution in [2.24, 2.45) is 10.3 Å². The number of ketones is 1. The zero-order valence-electron chi connectivity index (χ0n) is 37.7. The Morgan fingerprint density at radius 2 is 1.00 bits per heavy atom. The van der Waals surface area contributed by atoms with Crippen molar-refractivity contribution >= 4 is 121 Å². The zero-order valence-corrected chi connectivity index (χ0v) is 46.1. The number of halogens is 5. The van der Waals surface area contributed by atoms with Gasteiger partial charge < -0.3 is 29.3 Å². The largest absolute Gasteiger partial charge is 0.379 e. The van der Waals surface area contributed by atoms with Crippen molar-refractivity contribution in [1.29, 1.82) is 0 Å². The molecule has 382 valence electrons. The Kier molecular flexibility index (Phi) is 26.8. The summed E-state index contributed by atoms with van der Waals surface area (Å²) >= 11 is 20.6. The van der Waals surface area contributed by atoms with E-state index in [1.54, 1.807) is 12.1 Å². The number of carbonyl (C=O) groups is 2. The number of nitrogens with zero attached hydrogens (tertiary/aromatic N) is 3. The van der Waals surface area contributed by atoms with Crippen molar-refractivity contribution in [2.45, 2.75) is 17.2 Å². The van der Waals surface area contributed by atoms with Crippen LogP contribution in [0, 0.1) is 3.57 Å². The minimum Gasteiger partial charge on any atom is -0.379 e. The molecule has 5 aromatic rings. The summed E-state index contributed by atoms with van der Waals surface area (Å²) in [6.45, 7) is 10.5. The van der Waals surface area contributed by atoms with E-state index in [0.29, 0.717) is 18.8 Å². The second-order valence-corrected chi connectivity index (χ2v) is 21.7. The number of nitrogens with two attached hydrogens (primary N) is 2. The second-order valence-electron chi connectivity index (χ2n) is 14.7. The molecule has 0 spiro atoms. The standard InChI is InChI=1S/C17H17ClN2O4S.C10H12BrNO.C9H11ClN2O4S.C6H4BrI.C4H9NO.CH4/c18-15-6-3-13(11-16(15)25(19,22)23)17(21)12-1-4-14(5-2-12)20-7-9-24-10-8-20;11-9-1-3-10(4-2-9)12-5-7-13-8-6-12;1-12(16-2)9(13)6-3-4-7(10)8(5-6)17(11,14)15;7-5-1-3-6(8)4-2-5;1-3-6-4-2-5-1;/h1-6,11H,7-10H2,(H2,19,22,23);1-4H,5-8H2;3-5H,1-2H3,(H2,11,14,15);1-4H;5H,1-4H2;1H4. The molecule has 3 aliphatic rings. The fraction of sp³-hybridized carbons (Fsp3) is 0.319. The van der Waals surface area contributed by atoms with Gasteiger partial charge in [0.25, 0.3) is 5.91 Å². The monoisotopic (exact) mass is 1280 g/mol. The summed E-state index contributed by atoms with van der Waals surface area (Å²) < 4.78 is 64.7. The molecule has 3 saturated heterocycles. The lowest BCUT2D eigenvalue weighted by Gasteiger charge is -2.28. The molecule has 3 aliphatic heterocycles. The van der Waals surface area contributed by atoms with E-state index >= 15 is 0 Å². The molecule has 0 aliphatic carbocycles. The highest BCUT2D eigenvalue weighted by molar-refractivity contribution is 14.1. The van der Waals surface area contributed by atoms with Crippen molar-refractivity contribution in [3.8, 4) is 0 Å². The van der Waals surface area contributed by atoms with Crippen molar-refractivity contribution in [3.63, 3.8) is 0 Å². The van der Waals surface area contributed by atoms with E-state index in [-0.39, 0.29) is 44.2 Å². The first kappa shape index (κ1) is 61.0. The van der Waals surface area contributed by atoms with Gasteiger partial charge in [0, 0.05) is 86.9 Å². The maximum Gasteiger partial charge on any atom is 0.277 e. The van der Waals surface area contributed by atoms with Crippen LogP contribution in [0.2, 0.25) is 10.0 Å². The average Bonchev–Trinajstić information content (AvgIpc) is 3.36. The van der Waals surface area contributed by atoms with Crippen LogP contribution in [0.3, 0.4) is 0 Å². The summed E-state index contributed by atoms with van der Waals surface area (Å²) in [5.74, 6) is -0.802. The molecule has 5 N–H and O–H groups in total. The Balaban J connectivity index is 0.000000250. The van der Waals surface area contributed by atoms with Gasteiger partial charge in [0.15, 0.2) is 5.78 Å². The number of sulfonamides is 2. The normalized spacial score (nSPS) is 14.5. The van der Waals surface area contributed by atoms with Gasteiger partial charge >= 0.3 is 0 Å². The molecule has 23 heteroatoms. The van der Waals surface area contributed by atoms with Crippen LogP contribution in [-0.4, -0.2) is 127 Å². The van der Waals surface area contributed by atoms with Gasteiger partial charge in [-0.1, -0.05) is 62.5 Å². The average molecular weight is 1290 g/mol. The third-order valence-corrected chi connectivity index (χ3v) is 14.5. The molecule has 0 unspecified atom stereocenters. The number of hydroxylamine groups is 2. The van der Waals surface area contributed by atoms with Crippen LogP contribution in [0.4, 0.5) is 11.4 Å². The van der Waals surface area contributed by atoms with Crippen molar-refractivity contribution in [2.75, 3.05) is 103 Å². The minimum absolute atomic E-state index is 0. The number of amides is 1. The van der Waals surface area contributed by atoms with Crippen LogP contribution in [0.15, 0.2) is 128 Å². The first-order valence-electron chi connectivity index (χ1n) is 21.0. The predicted octanol–water partition coefficient (Wildman–Crippen LogP) is 8.26. The van der Waals surface area contributed by atoms with Crippen LogP contribution in [-0.2, 0) is 39.1 Å². The van der Waals surface area contributed by atoms with Gasteiger partial charge in [0.05, 0.1) is 56.8 Å². The highest BCUT2D eigenvalue weighted by Crippen LogP contribution is 2.25. The molecule has 1 amide bonds. The van der Waals surface area contributed by atoms with Crippen LogP contribution >= 0.6 is 77.7 Å². The van der Waals surface area contributed by atoms with Crippen molar-refractivity contribution < 1.29 is 45.5 Å². The molecule has 5 aromatic carbocycles. The van der Waals surface area contributed by atoms with Crippen LogP contribution in [0.5, 0.6) is 0 Å². The number of carbonyl (C=O) groups excluding carboxylic acids is 2. The van der Waals surface area contributed by atoms with E-state index in [4.69, 9.17) is 52.5 Å². The van der Waals surface area contributed by atoms with E-state index in [9.17, 15) is 26.4 Å². The Morgan fingerprint density at radius 3 is 1.37 bits per heavy atom. The number of rotatable bonds is 8. The third-order valence-electron chi connectivity index (χ3n) is 9.90. The number of benzene rings is 5. The lowest BCUT2D eigenvalue weighted by atomic mass is 10.0. The SMILES string of the molecule is Brc1ccc(I)cc1.Brc1ccc(N2CCOCC2)cc1.C.C1COCCN1.CON(C)C(=O)c1ccc(Cl)c(S(N)(=O)=O)c1.NS(=O)(=O)c1cc(C(=O)c2ccc(N3CCOCC3)cc2)ccc1Cl. The zero-order chi connectivity index (χ0) is 50.6. The van der Waals surface area contributed by atoms with E-state index in [0.717, 1.165) is 91.5 Å². The van der Waals surface area contributed by atoms with Crippen molar-refractivity contribution in [3.05, 3.63) is 148 Å². The molecule has 3 heterocycles. The molecule has 0 bridgehead atoms. The lowest BCUT2D eigenvalue weighted by molar-refractivity contribution is -0.0757. The van der Waals surface area contributed by atoms with Gasteiger partial charge in [-0.3, -0.25) is 14.4 Å². The summed E-state index contributed by atoms with van der Waals surface area (Å²) in [7, 11) is -5.25. The molecular weight excluding hydrogens is 1230 g/mol. The third kappa shape index (κ3) is 20.7. The summed E-state index contributed by atoms with van der Waals surface area (Å²) in [5.41, 5.74) is 3.09. The van der Waals surface area contributed by atoms with Crippen LogP contribution < -0.4 is 25.4 Å². The van der Waals surface area contributed by atoms with Gasteiger partial charge in [-0.15, -0.1) is 0 Å². The fourth-order valence-corrected chi connectivity index (χ4v) is 9.24. The number of primary sulfonamides is 2. The van der Waals surface area contributed by atoms with Crippen LogP contribution in [0.1, 0.15) is 33.7 Å². The molecule has 8 rings (SSSR count). The highest BCUT2D eigenvalue weighted by atomic mass is 127. The van der Waals surface area contributed by atoms with E-state index < -0.39 is 26.0 Å². The summed E-state index contributed by atoms with van der Waals surface area (Å²) in [5, 5.41) is 14.2. The first-order valence-corrected chi connectivity index (χ1v) is 27.5. The minimum atomic E-state index is -4.00. The van der Waals surface area contributed by atoms with E-state index in [2.05, 4.69) is 106 Å². The maximum atomic E-state index is 12.6. The van der Waals surface area contributed by atoms with E-state index in [1.807, 2.05) is 24.3 Å². The molecule has 0 aromatic heterocycles. The number of hydrogen-bond acceptors (Lipinski definition) is 13. The molecule has 16 nitrogen and oxygen atoms in total. The number of nitrogens with one attached hydrogen (secondary N) is 1. The molecule has 0 atom stereocenters. The maximum absolute atomic E-state index is 12.6. The Hall–Kier alpha value is -3.27. The predicted molar refractivity (Wildman–Crippen MR) is 292 cm³/mol. The molecule has 70 heavy (non-hydrogen) atoms. The van der Waals surface area contributed by atoms with Gasteiger partial charge in [0.1, 0.15) is 9.79 Å². The molecule has 0 saturated carbocycles. The van der Waals surface area contributed by atoms with E-state index in [1.165, 1.54) is 53.7 Å². The topological polar surface area (TPSA) is 213 Å². The second kappa shape index (κ2) is 30.7.